The van der Waals surface area contributed by atoms with Crippen LogP contribution in [-0.2, 0) is 9.59 Å². The Morgan fingerprint density at radius 2 is 2.22 bits per heavy atom. The second-order valence-corrected chi connectivity index (χ2v) is 3.75. The Labute approximate surface area is 104 Å². The Morgan fingerprint density at radius 3 is 2.83 bits per heavy atom. The summed E-state index contributed by atoms with van der Waals surface area (Å²) in [5.41, 5.74) is 0.748. The van der Waals surface area contributed by atoms with Crippen molar-refractivity contribution in [1.82, 2.24) is 5.32 Å². The number of amides is 1. The molecule has 0 saturated heterocycles. The average molecular weight is 250 g/mol. The van der Waals surface area contributed by atoms with Crippen LogP contribution in [0.5, 0.6) is 0 Å². The number of isocyanates is 1. The van der Waals surface area contributed by atoms with Gasteiger partial charge in [-0.05, 0) is 17.7 Å². The van der Waals surface area contributed by atoms with E-state index >= 15 is 0 Å². The van der Waals surface area contributed by atoms with Crippen molar-refractivity contribution in [2.45, 2.75) is 19.1 Å². The summed E-state index contributed by atoms with van der Waals surface area (Å²) in [7, 11) is 0. The first kappa shape index (κ1) is 14.1. The van der Waals surface area contributed by atoms with Crippen molar-refractivity contribution in [3.63, 3.8) is 0 Å². The molecule has 0 aliphatic rings. The third-order valence-corrected chi connectivity index (χ3v) is 2.31. The summed E-state index contributed by atoms with van der Waals surface area (Å²) in [5, 5.41) is 21.9. The van der Waals surface area contributed by atoms with E-state index < -0.39 is 12.2 Å². The van der Waals surface area contributed by atoms with Gasteiger partial charge in [-0.25, -0.2) is 4.79 Å². The maximum Gasteiger partial charge on any atom is 0.240 e. The first-order valence-corrected chi connectivity index (χ1v) is 5.33. The predicted molar refractivity (Wildman–Crippen MR) is 63.9 cm³/mol. The van der Waals surface area contributed by atoms with E-state index in [2.05, 4.69) is 10.3 Å². The first-order chi connectivity index (χ1) is 8.54. The SMILES string of the molecule is CC(=O)NCC(O)C(O)c1cccc(N=C=O)c1. The molecule has 0 saturated carbocycles. The highest BCUT2D eigenvalue weighted by molar-refractivity contribution is 5.72. The molecule has 0 aromatic heterocycles. The lowest BCUT2D eigenvalue weighted by Crippen LogP contribution is -2.34. The molecule has 1 aromatic carbocycles. The molecule has 0 heterocycles. The van der Waals surface area contributed by atoms with E-state index in [0.29, 0.717) is 11.3 Å². The van der Waals surface area contributed by atoms with Gasteiger partial charge in [-0.15, -0.1) is 0 Å². The van der Waals surface area contributed by atoms with Crippen LogP contribution in [0.25, 0.3) is 0 Å². The molecule has 0 aliphatic carbocycles. The highest BCUT2D eigenvalue weighted by atomic mass is 16.3. The van der Waals surface area contributed by atoms with Crippen LogP contribution in [0.15, 0.2) is 29.3 Å². The minimum atomic E-state index is -1.17. The van der Waals surface area contributed by atoms with Gasteiger partial charge in [-0.1, -0.05) is 12.1 Å². The number of aliphatic hydroxyl groups is 2. The summed E-state index contributed by atoms with van der Waals surface area (Å²) in [6.45, 7) is 1.26. The molecule has 96 valence electrons. The molecule has 0 spiro atoms. The maximum absolute atomic E-state index is 10.7. The van der Waals surface area contributed by atoms with Crippen molar-refractivity contribution in [3.8, 4) is 0 Å². The molecule has 0 fully saturated rings. The van der Waals surface area contributed by atoms with E-state index in [1.807, 2.05) is 0 Å². The Bertz CT molecular complexity index is 469. The third-order valence-electron chi connectivity index (χ3n) is 2.31. The fourth-order valence-corrected chi connectivity index (χ4v) is 1.41. The van der Waals surface area contributed by atoms with Crippen molar-refractivity contribution in [1.29, 1.82) is 0 Å². The van der Waals surface area contributed by atoms with Crippen molar-refractivity contribution in [3.05, 3.63) is 29.8 Å². The van der Waals surface area contributed by atoms with Gasteiger partial charge in [0.15, 0.2) is 0 Å². The van der Waals surface area contributed by atoms with Crippen LogP contribution in [0.3, 0.4) is 0 Å². The van der Waals surface area contributed by atoms with E-state index in [1.54, 1.807) is 18.2 Å². The number of nitrogens with zero attached hydrogens (tertiary/aromatic N) is 1. The number of nitrogens with one attached hydrogen (secondary N) is 1. The van der Waals surface area contributed by atoms with Gasteiger partial charge in [0.1, 0.15) is 12.2 Å². The molecule has 18 heavy (non-hydrogen) atoms. The van der Waals surface area contributed by atoms with E-state index in [-0.39, 0.29) is 12.5 Å². The van der Waals surface area contributed by atoms with Crippen molar-refractivity contribution < 1.29 is 19.8 Å². The van der Waals surface area contributed by atoms with Crippen LogP contribution in [-0.4, -0.2) is 34.8 Å². The van der Waals surface area contributed by atoms with Gasteiger partial charge < -0.3 is 15.5 Å². The zero-order valence-electron chi connectivity index (χ0n) is 9.83. The molecule has 6 heteroatoms. The second-order valence-electron chi connectivity index (χ2n) is 3.75. The molecule has 0 bridgehead atoms. The number of carbonyl (C=O) groups is 1. The van der Waals surface area contributed by atoms with Gasteiger partial charge in [0.05, 0.1) is 5.69 Å². The summed E-state index contributed by atoms with van der Waals surface area (Å²) >= 11 is 0. The summed E-state index contributed by atoms with van der Waals surface area (Å²) in [6.07, 6.45) is -0.909. The molecule has 0 aliphatic heterocycles. The van der Waals surface area contributed by atoms with Crippen LogP contribution in [0, 0.1) is 0 Å². The monoisotopic (exact) mass is 250 g/mol. The molecule has 6 nitrogen and oxygen atoms in total. The molecule has 1 amide bonds. The number of benzene rings is 1. The van der Waals surface area contributed by atoms with Gasteiger partial charge >= 0.3 is 0 Å². The van der Waals surface area contributed by atoms with Gasteiger partial charge in [0, 0.05) is 13.5 Å². The number of aliphatic imine (C=N–C) groups is 1. The van der Waals surface area contributed by atoms with Gasteiger partial charge in [-0.2, -0.15) is 4.99 Å². The number of hydrogen-bond donors (Lipinski definition) is 3. The lowest BCUT2D eigenvalue weighted by molar-refractivity contribution is -0.119. The maximum atomic E-state index is 10.7. The summed E-state index contributed by atoms with van der Waals surface area (Å²) in [5.74, 6) is -0.291. The second kappa shape index (κ2) is 6.66. The highest BCUT2D eigenvalue weighted by Crippen LogP contribution is 2.21. The standard InChI is InChI=1S/C12H14N2O4/c1-8(16)13-6-11(17)12(18)9-3-2-4-10(5-9)14-7-15/h2-5,11-12,17-18H,6H2,1H3,(H,13,16). The zero-order chi connectivity index (χ0) is 13.5. The van der Waals surface area contributed by atoms with E-state index in [1.165, 1.54) is 19.1 Å². The minimum Gasteiger partial charge on any atom is -0.388 e. The van der Waals surface area contributed by atoms with Crippen molar-refractivity contribution >= 4 is 17.7 Å². The van der Waals surface area contributed by atoms with Crippen LogP contribution in [0.2, 0.25) is 0 Å². The number of hydrogen-bond acceptors (Lipinski definition) is 5. The van der Waals surface area contributed by atoms with Crippen molar-refractivity contribution in [2.75, 3.05) is 6.54 Å². The van der Waals surface area contributed by atoms with Crippen LogP contribution < -0.4 is 5.32 Å². The minimum absolute atomic E-state index is 0.0579. The quantitative estimate of drug-likeness (QED) is 0.513. The largest absolute Gasteiger partial charge is 0.388 e. The van der Waals surface area contributed by atoms with Crippen molar-refractivity contribution in [2.24, 2.45) is 4.99 Å². The van der Waals surface area contributed by atoms with E-state index in [4.69, 9.17) is 0 Å². The van der Waals surface area contributed by atoms with Gasteiger partial charge in [0.2, 0.25) is 12.0 Å². The molecular formula is C12H14N2O4. The Morgan fingerprint density at radius 1 is 1.50 bits per heavy atom. The normalized spacial score (nSPS) is 13.3. The summed E-state index contributed by atoms with van der Waals surface area (Å²) < 4.78 is 0. The molecule has 2 atom stereocenters. The number of aliphatic hydroxyl groups excluding tert-OH is 2. The highest BCUT2D eigenvalue weighted by Gasteiger charge is 2.18. The zero-order valence-corrected chi connectivity index (χ0v) is 9.83. The molecule has 0 radical (unpaired) electrons. The lowest BCUT2D eigenvalue weighted by atomic mass is 10.0. The topological polar surface area (TPSA) is 99.0 Å². The van der Waals surface area contributed by atoms with Crippen LogP contribution in [0.4, 0.5) is 5.69 Å². The Hall–Kier alpha value is -2.01. The van der Waals surface area contributed by atoms with Gasteiger partial charge in [0.25, 0.3) is 0 Å². The van der Waals surface area contributed by atoms with Crippen LogP contribution >= 0.6 is 0 Å². The molecule has 1 rings (SSSR count). The molecule has 2 unspecified atom stereocenters. The fourth-order valence-electron chi connectivity index (χ4n) is 1.41. The Kier molecular flexibility index (Phi) is 5.20. The predicted octanol–water partition coefficient (Wildman–Crippen LogP) is 0.184. The van der Waals surface area contributed by atoms with E-state index in [0.717, 1.165) is 0 Å². The first-order valence-electron chi connectivity index (χ1n) is 5.33. The smallest absolute Gasteiger partial charge is 0.240 e. The molecule has 1 aromatic rings. The number of rotatable bonds is 5. The molecular weight excluding hydrogens is 236 g/mol. The number of carbonyl (C=O) groups excluding carboxylic acids is 2. The van der Waals surface area contributed by atoms with Crippen LogP contribution in [0.1, 0.15) is 18.6 Å². The summed E-state index contributed by atoms with van der Waals surface area (Å²) in [6, 6.07) is 6.22. The van der Waals surface area contributed by atoms with E-state index in [9.17, 15) is 19.8 Å². The fraction of sp³-hybridized carbons (Fsp3) is 0.333. The average Bonchev–Trinajstić information content (AvgIpc) is 2.35. The van der Waals surface area contributed by atoms with Gasteiger partial charge in [-0.3, -0.25) is 4.79 Å². The summed E-state index contributed by atoms with van der Waals surface area (Å²) in [4.78, 5) is 24.2. The lowest BCUT2D eigenvalue weighted by Gasteiger charge is -2.18. The molecule has 3 N–H and O–H groups in total. The third kappa shape index (κ3) is 4.10. The Balaban J connectivity index is 2.76.